The van der Waals surface area contributed by atoms with Gasteiger partial charge >= 0.3 is 0 Å². The molecule has 6 heteroatoms. The quantitative estimate of drug-likeness (QED) is 0.768. The lowest BCUT2D eigenvalue weighted by atomic mass is 10.1. The summed E-state index contributed by atoms with van der Waals surface area (Å²) < 4.78 is 25.8. The summed E-state index contributed by atoms with van der Waals surface area (Å²) in [6.45, 7) is 5.69. The number of carbonyl (C=O) groups excluding carboxylic acids is 1. The van der Waals surface area contributed by atoms with Crippen LogP contribution in [0.2, 0.25) is 0 Å². The van der Waals surface area contributed by atoms with Crippen molar-refractivity contribution in [3.8, 4) is 0 Å². The van der Waals surface area contributed by atoms with Crippen LogP contribution in [0.5, 0.6) is 0 Å². The first kappa shape index (κ1) is 15.9. The van der Waals surface area contributed by atoms with Gasteiger partial charge < -0.3 is 15.5 Å². The minimum Gasteiger partial charge on any atom is -0.356 e. The molecule has 4 nitrogen and oxygen atoms in total. The van der Waals surface area contributed by atoms with Crippen molar-refractivity contribution < 1.29 is 13.6 Å². The highest BCUT2D eigenvalue weighted by molar-refractivity contribution is 5.78. The number of benzene rings is 1. The number of nitrogens with one attached hydrogen (secondary N) is 2. The molecule has 0 radical (unpaired) electrons. The summed E-state index contributed by atoms with van der Waals surface area (Å²) in [7, 11) is 0. The molecule has 116 valence electrons. The molecule has 1 aliphatic heterocycles. The average Bonchev–Trinajstić information content (AvgIpc) is 2.49. The summed E-state index contributed by atoms with van der Waals surface area (Å²) >= 11 is 0. The Morgan fingerprint density at radius 3 is 2.71 bits per heavy atom. The third-order valence-electron chi connectivity index (χ3n) is 3.53. The maximum Gasteiger partial charge on any atom is 0.224 e. The molecule has 1 aliphatic rings. The van der Waals surface area contributed by atoms with Crippen LogP contribution in [0.25, 0.3) is 0 Å². The highest BCUT2D eigenvalue weighted by Gasteiger charge is 2.09. The number of nitrogens with zero attached hydrogens (tertiary/aromatic N) is 1. The van der Waals surface area contributed by atoms with Crippen LogP contribution >= 0.6 is 0 Å². The molecule has 0 unspecified atom stereocenters. The van der Waals surface area contributed by atoms with Gasteiger partial charge in [-0.1, -0.05) is 6.07 Å². The number of halogens is 2. The Balaban J connectivity index is 1.63. The third kappa shape index (κ3) is 5.40. The zero-order valence-corrected chi connectivity index (χ0v) is 12.0. The topological polar surface area (TPSA) is 44.4 Å². The van der Waals surface area contributed by atoms with Crippen LogP contribution in [-0.2, 0) is 11.2 Å². The number of hydrogen-bond acceptors (Lipinski definition) is 3. The van der Waals surface area contributed by atoms with Crippen LogP contribution < -0.4 is 10.6 Å². The van der Waals surface area contributed by atoms with Gasteiger partial charge in [0, 0.05) is 32.7 Å². The fourth-order valence-electron chi connectivity index (χ4n) is 2.36. The van der Waals surface area contributed by atoms with E-state index in [2.05, 4.69) is 15.5 Å². The lowest BCUT2D eigenvalue weighted by Crippen LogP contribution is -2.44. The van der Waals surface area contributed by atoms with Crippen molar-refractivity contribution in [1.29, 1.82) is 0 Å². The third-order valence-corrected chi connectivity index (χ3v) is 3.53. The van der Waals surface area contributed by atoms with E-state index in [4.69, 9.17) is 0 Å². The lowest BCUT2D eigenvalue weighted by Gasteiger charge is -2.27. The number of piperazine rings is 1. The van der Waals surface area contributed by atoms with Crippen LogP contribution in [-0.4, -0.2) is 50.1 Å². The Kier molecular flexibility index (Phi) is 6.07. The van der Waals surface area contributed by atoms with Gasteiger partial charge in [0.1, 0.15) is 0 Å². The maximum atomic E-state index is 13.0. The van der Waals surface area contributed by atoms with Gasteiger partial charge in [-0.2, -0.15) is 0 Å². The van der Waals surface area contributed by atoms with E-state index >= 15 is 0 Å². The van der Waals surface area contributed by atoms with Crippen LogP contribution in [0.1, 0.15) is 12.0 Å². The minimum atomic E-state index is -0.918. The van der Waals surface area contributed by atoms with E-state index in [0.29, 0.717) is 12.1 Å². The standard InChI is InChI=1S/C15H21F2N3O/c16-13-3-2-12(10-14(13)17)11-15(21)19-4-1-7-20-8-5-18-6-9-20/h2-3,10,18H,1,4-9,11H2,(H,19,21). The second-order valence-corrected chi connectivity index (χ2v) is 5.22. The van der Waals surface area contributed by atoms with Crippen molar-refractivity contribution in [2.45, 2.75) is 12.8 Å². The second kappa shape index (κ2) is 8.05. The van der Waals surface area contributed by atoms with Gasteiger partial charge in [0.15, 0.2) is 11.6 Å². The molecule has 1 aromatic carbocycles. The molecule has 1 heterocycles. The van der Waals surface area contributed by atoms with Crippen LogP contribution in [0.4, 0.5) is 8.78 Å². The van der Waals surface area contributed by atoms with E-state index in [9.17, 15) is 13.6 Å². The van der Waals surface area contributed by atoms with Gasteiger partial charge in [0.2, 0.25) is 5.91 Å². The van der Waals surface area contributed by atoms with Crippen molar-refractivity contribution in [3.63, 3.8) is 0 Å². The molecular formula is C15H21F2N3O. The van der Waals surface area contributed by atoms with Crippen molar-refractivity contribution in [2.75, 3.05) is 39.3 Å². The van der Waals surface area contributed by atoms with Crippen molar-refractivity contribution in [3.05, 3.63) is 35.4 Å². The molecule has 1 saturated heterocycles. The molecule has 1 amide bonds. The molecule has 2 N–H and O–H groups in total. The maximum absolute atomic E-state index is 13.0. The fourth-order valence-corrected chi connectivity index (χ4v) is 2.36. The summed E-state index contributed by atoms with van der Waals surface area (Å²) in [5, 5.41) is 6.10. The van der Waals surface area contributed by atoms with Gasteiger partial charge in [-0.15, -0.1) is 0 Å². The largest absolute Gasteiger partial charge is 0.356 e. The average molecular weight is 297 g/mol. The van der Waals surface area contributed by atoms with Gasteiger partial charge in [-0.25, -0.2) is 8.78 Å². The van der Waals surface area contributed by atoms with E-state index in [1.165, 1.54) is 6.07 Å². The van der Waals surface area contributed by atoms with Gasteiger partial charge in [-0.3, -0.25) is 4.79 Å². The van der Waals surface area contributed by atoms with Crippen molar-refractivity contribution in [2.24, 2.45) is 0 Å². The van der Waals surface area contributed by atoms with Gasteiger partial charge in [0.05, 0.1) is 6.42 Å². The summed E-state index contributed by atoms with van der Waals surface area (Å²) in [4.78, 5) is 14.1. The second-order valence-electron chi connectivity index (χ2n) is 5.22. The molecule has 0 aromatic heterocycles. The molecule has 0 bridgehead atoms. The molecule has 0 atom stereocenters. The first-order valence-corrected chi connectivity index (χ1v) is 7.29. The number of hydrogen-bond donors (Lipinski definition) is 2. The smallest absolute Gasteiger partial charge is 0.224 e. The first-order chi connectivity index (χ1) is 10.1. The van der Waals surface area contributed by atoms with Crippen LogP contribution in [0.3, 0.4) is 0 Å². The van der Waals surface area contributed by atoms with E-state index in [1.54, 1.807) is 0 Å². The molecule has 2 rings (SSSR count). The number of amides is 1. The van der Waals surface area contributed by atoms with E-state index in [1.807, 2.05) is 0 Å². The Hall–Kier alpha value is -1.53. The molecule has 21 heavy (non-hydrogen) atoms. The molecular weight excluding hydrogens is 276 g/mol. The lowest BCUT2D eigenvalue weighted by molar-refractivity contribution is -0.120. The van der Waals surface area contributed by atoms with E-state index in [-0.39, 0.29) is 12.3 Å². The molecule has 0 aliphatic carbocycles. The summed E-state index contributed by atoms with van der Waals surface area (Å²) in [6.07, 6.45) is 0.967. The Morgan fingerprint density at radius 1 is 1.24 bits per heavy atom. The normalized spacial score (nSPS) is 15.9. The highest BCUT2D eigenvalue weighted by Crippen LogP contribution is 2.09. The van der Waals surface area contributed by atoms with E-state index in [0.717, 1.165) is 51.3 Å². The Bertz CT molecular complexity index is 476. The highest BCUT2D eigenvalue weighted by atomic mass is 19.2. The predicted molar refractivity (Wildman–Crippen MR) is 77.0 cm³/mol. The molecule has 1 fully saturated rings. The molecule has 1 aromatic rings. The fraction of sp³-hybridized carbons (Fsp3) is 0.533. The van der Waals surface area contributed by atoms with Crippen LogP contribution in [0.15, 0.2) is 18.2 Å². The van der Waals surface area contributed by atoms with Gasteiger partial charge in [0.25, 0.3) is 0 Å². The van der Waals surface area contributed by atoms with Crippen LogP contribution in [0, 0.1) is 11.6 Å². The zero-order valence-electron chi connectivity index (χ0n) is 12.0. The van der Waals surface area contributed by atoms with Crippen molar-refractivity contribution >= 4 is 5.91 Å². The minimum absolute atomic E-state index is 0.0742. The van der Waals surface area contributed by atoms with Gasteiger partial charge in [-0.05, 0) is 30.7 Å². The Morgan fingerprint density at radius 2 is 2.00 bits per heavy atom. The van der Waals surface area contributed by atoms with E-state index < -0.39 is 11.6 Å². The Labute approximate surface area is 123 Å². The molecule has 0 spiro atoms. The predicted octanol–water partition coefficient (Wildman–Crippen LogP) is 0.919. The summed E-state index contributed by atoms with van der Waals surface area (Å²) in [5.74, 6) is -1.98. The summed E-state index contributed by atoms with van der Waals surface area (Å²) in [6, 6.07) is 3.54. The molecule has 0 saturated carbocycles. The zero-order chi connectivity index (χ0) is 15.1. The SMILES string of the molecule is O=C(Cc1ccc(F)c(F)c1)NCCCN1CCNCC1. The first-order valence-electron chi connectivity index (χ1n) is 7.29. The summed E-state index contributed by atoms with van der Waals surface area (Å²) in [5.41, 5.74) is 0.480. The number of carbonyl (C=O) groups is 1. The monoisotopic (exact) mass is 297 g/mol. The van der Waals surface area contributed by atoms with Crippen molar-refractivity contribution in [1.82, 2.24) is 15.5 Å². The number of rotatable bonds is 6.